The normalized spacial score (nSPS) is 14.9. The van der Waals surface area contributed by atoms with Crippen molar-refractivity contribution in [3.8, 4) is 0 Å². The average molecular weight is 386 g/mol. The van der Waals surface area contributed by atoms with Crippen molar-refractivity contribution in [2.75, 3.05) is 31.6 Å². The van der Waals surface area contributed by atoms with E-state index in [0.717, 1.165) is 49.4 Å². The highest BCUT2D eigenvalue weighted by Gasteiger charge is 2.12. The highest BCUT2D eigenvalue weighted by molar-refractivity contribution is 6.30. The van der Waals surface area contributed by atoms with Crippen LogP contribution in [0.5, 0.6) is 0 Å². The summed E-state index contributed by atoms with van der Waals surface area (Å²) < 4.78 is 0. The molecule has 144 valence electrons. The van der Waals surface area contributed by atoms with E-state index in [0.29, 0.717) is 0 Å². The number of benzene rings is 1. The molecule has 1 saturated heterocycles. The van der Waals surface area contributed by atoms with E-state index in [2.05, 4.69) is 49.8 Å². The summed E-state index contributed by atoms with van der Waals surface area (Å²) in [5, 5.41) is 7.51. The van der Waals surface area contributed by atoms with Gasteiger partial charge in [0.15, 0.2) is 5.96 Å². The smallest absolute Gasteiger partial charge is 0.191 e. The van der Waals surface area contributed by atoms with Gasteiger partial charge in [0.05, 0.1) is 0 Å². The second-order valence-electron chi connectivity index (χ2n) is 6.80. The van der Waals surface area contributed by atoms with Crippen molar-refractivity contribution in [3.63, 3.8) is 0 Å². The fourth-order valence-corrected chi connectivity index (χ4v) is 3.38. The molecule has 1 aromatic carbocycles. The number of rotatable bonds is 6. The Bertz CT molecular complexity index is 738. The quantitative estimate of drug-likeness (QED) is 0.589. The van der Waals surface area contributed by atoms with Gasteiger partial charge in [0.2, 0.25) is 0 Å². The average Bonchev–Trinajstić information content (AvgIpc) is 2.73. The van der Waals surface area contributed by atoms with Crippen molar-refractivity contribution in [1.82, 2.24) is 15.6 Å². The Morgan fingerprint density at radius 3 is 2.59 bits per heavy atom. The highest BCUT2D eigenvalue weighted by atomic mass is 35.5. The minimum Gasteiger partial charge on any atom is -0.357 e. The van der Waals surface area contributed by atoms with E-state index in [1.165, 1.54) is 30.4 Å². The van der Waals surface area contributed by atoms with Crippen LogP contribution in [0.3, 0.4) is 0 Å². The Morgan fingerprint density at radius 2 is 1.85 bits per heavy atom. The number of piperidine rings is 1. The SMILES string of the molecule is CN=C(NCCc1ccc(Cl)cc1)NCc1ccnc(N2CCCCC2)c1. The van der Waals surface area contributed by atoms with Crippen LogP contribution in [0.2, 0.25) is 5.02 Å². The fourth-order valence-electron chi connectivity index (χ4n) is 3.25. The van der Waals surface area contributed by atoms with Crippen LogP contribution in [-0.2, 0) is 13.0 Å². The van der Waals surface area contributed by atoms with E-state index in [9.17, 15) is 0 Å². The lowest BCUT2D eigenvalue weighted by Crippen LogP contribution is -2.38. The molecular weight excluding hydrogens is 358 g/mol. The second kappa shape index (κ2) is 10.2. The predicted octanol–water partition coefficient (Wildman–Crippen LogP) is 3.63. The maximum absolute atomic E-state index is 5.93. The Labute approximate surface area is 166 Å². The molecule has 0 atom stereocenters. The Kier molecular flexibility index (Phi) is 7.34. The molecule has 1 aliphatic heterocycles. The van der Waals surface area contributed by atoms with Crippen LogP contribution >= 0.6 is 11.6 Å². The van der Waals surface area contributed by atoms with Crippen LogP contribution < -0.4 is 15.5 Å². The summed E-state index contributed by atoms with van der Waals surface area (Å²) in [4.78, 5) is 11.2. The molecule has 2 aromatic rings. The van der Waals surface area contributed by atoms with E-state index < -0.39 is 0 Å². The second-order valence-corrected chi connectivity index (χ2v) is 7.24. The number of hydrogen-bond donors (Lipinski definition) is 2. The Morgan fingerprint density at radius 1 is 1.07 bits per heavy atom. The fraction of sp³-hybridized carbons (Fsp3) is 0.429. The van der Waals surface area contributed by atoms with Gasteiger partial charge in [-0.05, 0) is 61.1 Å². The zero-order valence-electron chi connectivity index (χ0n) is 15.9. The van der Waals surface area contributed by atoms with E-state index in [1.54, 1.807) is 7.05 Å². The molecule has 6 heteroatoms. The van der Waals surface area contributed by atoms with E-state index in [1.807, 2.05) is 18.3 Å². The number of aromatic nitrogens is 1. The van der Waals surface area contributed by atoms with Gasteiger partial charge in [-0.3, -0.25) is 4.99 Å². The first-order valence-corrected chi connectivity index (χ1v) is 10.0. The van der Waals surface area contributed by atoms with Crippen molar-refractivity contribution in [2.45, 2.75) is 32.2 Å². The first-order valence-electron chi connectivity index (χ1n) is 9.63. The zero-order chi connectivity index (χ0) is 18.9. The minimum absolute atomic E-state index is 0.726. The molecular formula is C21H28ClN5. The van der Waals surface area contributed by atoms with Crippen LogP contribution in [0.1, 0.15) is 30.4 Å². The van der Waals surface area contributed by atoms with Gasteiger partial charge in [0.25, 0.3) is 0 Å². The van der Waals surface area contributed by atoms with Gasteiger partial charge >= 0.3 is 0 Å². The van der Waals surface area contributed by atoms with Gasteiger partial charge in [-0.25, -0.2) is 4.98 Å². The monoisotopic (exact) mass is 385 g/mol. The molecule has 2 heterocycles. The molecule has 5 nitrogen and oxygen atoms in total. The largest absolute Gasteiger partial charge is 0.357 e. The van der Waals surface area contributed by atoms with Gasteiger partial charge in [0.1, 0.15) is 5.82 Å². The van der Waals surface area contributed by atoms with Crippen molar-refractivity contribution >= 4 is 23.4 Å². The van der Waals surface area contributed by atoms with E-state index in [4.69, 9.17) is 11.6 Å². The third-order valence-corrected chi connectivity index (χ3v) is 5.04. The first-order chi connectivity index (χ1) is 13.2. The van der Waals surface area contributed by atoms with Gasteiger partial charge in [0, 0.05) is 44.4 Å². The lowest BCUT2D eigenvalue weighted by molar-refractivity contribution is 0.573. The number of nitrogens with one attached hydrogen (secondary N) is 2. The van der Waals surface area contributed by atoms with Gasteiger partial charge in [-0.2, -0.15) is 0 Å². The number of hydrogen-bond acceptors (Lipinski definition) is 3. The van der Waals surface area contributed by atoms with Gasteiger partial charge in [-0.1, -0.05) is 23.7 Å². The summed E-state index contributed by atoms with van der Waals surface area (Å²) >= 11 is 5.93. The number of halogens is 1. The number of nitrogens with zero attached hydrogens (tertiary/aromatic N) is 3. The molecule has 0 saturated carbocycles. The summed E-state index contributed by atoms with van der Waals surface area (Å²) in [7, 11) is 1.79. The molecule has 0 unspecified atom stereocenters. The molecule has 2 N–H and O–H groups in total. The lowest BCUT2D eigenvalue weighted by Gasteiger charge is -2.28. The van der Waals surface area contributed by atoms with Crippen molar-refractivity contribution in [3.05, 3.63) is 58.7 Å². The first kappa shape index (κ1) is 19.5. The maximum Gasteiger partial charge on any atom is 0.191 e. The van der Waals surface area contributed by atoms with Crippen molar-refractivity contribution in [1.29, 1.82) is 0 Å². The standard InChI is InChI=1S/C21H28ClN5/c1-23-21(25-12-9-17-5-7-19(22)8-6-17)26-16-18-10-11-24-20(15-18)27-13-3-2-4-14-27/h5-8,10-11,15H,2-4,9,12-14,16H2,1H3,(H2,23,25,26). The summed E-state index contributed by atoms with van der Waals surface area (Å²) in [6.45, 7) is 3.76. The molecule has 0 aliphatic carbocycles. The molecule has 1 aromatic heterocycles. The summed E-state index contributed by atoms with van der Waals surface area (Å²) in [6.07, 6.45) is 6.67. The molecule has 1 fully saturated rings. The van der Waals surface area contributed by atoms with E-state index >= 15 is 0 Å². The summed E-state index contributed by atoms with van der Waals surface area (Å²) in [6, 6.07) is 12.2. The van der Waals surface area contributed by atoms with Crippen LogP contribution in [0.25, 0.3) is 0 Å². The van der Waals surface area contributed by atoms with Crippen molar-refractivity contribution < 1.29 is 0 Å². The molecule has 1 aliphatic rings. The number of aliphatic imine (C=N–C) groups is 1. The van der Waals surface area contributed by atoms with Gasteiger partial charge < -0.3 is 15.5 Å². The van der Waals surface area contributed by atoms with Crippen LogP contribution in [0.15, 0.2) is 47.6 Å². The van der Waals surface area contributed by atoms with Gasteiger partial charge in [-0.15, -0.1) is 0 Å². The number of anilines is 1. The number of guanidine groups is 1. The summed E-state index contributed by atoms with van der Waals surface area (Å²) in [5.74, 6) is 1.89. The highest BCUT2D eigenvalue weighted by Crippen LogP contribution is 2.18. The Hall–Kier alpha value is -2.27. The molecule has 0 bridgehead atoms. The predicted molar refractivity (Wildman–Crippen MR) is 114 cm³/mol. The van der Waals surface area contributed by atoms with Crippen LogP contribution in [0.4, 0.5) is 5.82 Å². The molecule has 0 radical (unpaired) electrons. The molecule has 3 rings (SSSR count). The molecule has 0 spiro atoms. The van der Waals surface area contributed by atoms with E-state index in [-0.39, 0.29) is 0 Å². The molecule has 27 heavy (non-hydrogen) atoms. The zero-order valence-corrected chi connectivity index (χ0v) is 16.7. The van der Waals surface area contributed by atoms with Crippen molar-refractivity contribution in [2.24, 2.45) is 4.99 Å². The Balaban J connectivity index is 1.46. The van der Waals surface area contributed by atoms with Crippen LogP contribution in [0, 0.1) is 0 Å². The molecule has 0 amide bonds. The summed E-state index contributed by atoms with van der Waals surface area (Å²) in [5.41, 5.74) is 2.47. The number of pyridine rings is 1. The maximum atomic E-state index is 5.93. The topological polar surface area (TPSA) is 52.6 Å². The van der Waals surface area contributed by atoms with Crippen LogP contribution in [-0.4, -0.2) is 37.6 Å². The minimum atomic E-state index is 0.726. The lowest BCUT2D eigenvalue weighted by atomic mass is 10.1. The third-order valence-electron chi connectivity index (χ3n) is 4.79. The third kappa shape index (κ3) is 6.14.